The summed E-state index contributed by atoms with van der Waals surface area (Å²) in [4.78, 5) is 11.8. The topological polar surface area (TPSA) is 93.0 Å². The summed E-state index contributed by atoms with van der Waals surface area (Å²) in [5, 5.41) is 9.66. The van der Waals surface area contributed by atoms with Crippen LogP contribution >= 0.6 is 0 Å². The number of nitrogens with one attached hydrogen (secondary N) is 2. The first-order valence-corrected chi connectivity index (χ1v) is 6.43. The number of rotatable bonds is 7. The fourth-order valence-corrected chi connectivity index (χ4v) is 1.82. The fraction of sp³-hybridized carbons (Fsp3) is 0.667. The van der Waals surface area contributed by atoms with Crippen molar-refractivity contribution in [2.75, 3.05) is 25.5 Å². The average molecular weight is 252 g/mol. The third-order valence-electron chi connectivity index (χ3n) is 2.99. The third kappa shape index (κ3) is 3.01. The van der Waals surface area contributed by atoms with Gasteiger partial charge in [-0.05, 0) is 26.2 Å². The van der Waals surface area contributed by atoms with Gasteiger partial charge in [0.2, 0.25) is 0 Å². The number of carbonyl (C=O) groups is 1. The van der Waals surface area contributed by atoms with Gasteiger partial charge in [0.05, 0.1) is 11.4 Å². The van der Waals surface area contributed by atoms with Gasteiger partial charge in [-0.1, -0.05) is 0 Å². The summed E-state index contributed by atoms with van der Waals surface area (Å²) in [7, 11) is 0. The van der Waals surface area contributed by atoms with E-state index in [1.807, 2.05) is 6.92 Å². The van der Waals surface area contributed by atoms with Gasteiger partial charge in [-0.25, -0.2) is 0 Å². The minimum Gasteiger partial charge on any atom is -0.395 e. The molecule has 0 atom stereocenters. The Morgan fingerprint density at radius 2 is 2.39 bits per heavy atom. The standard InChI is InChI=1S/C12H20N4O2/c1-2-18-7-3-6-14-12(17)11-9(13)10(15-16-11)8-4-5-8/h8H,2-7,13H2,1H3,(H,14,17)(H,15,16). The molecule has 1 aliphatic rings. The lowest BCUT2D eigenvalue weighted by molar-refractivity contribution is 0.0940. The Kier molecular flexibility index (Phi) is 4.19. The highest BCUT2D eigenvalue weighted by molar-refractivity contribution is 5.97. The van der Waals surface area contributed by atoms with E-state index < -0.39 is 0 Å². The molecule has 4 N–H and O–H groups in total. The van der Waals surface area contributed by atoms with Crippen LogP contribution in [-0.2, 0) is 4.74 Å². The highest BCUT2D eigenvalue weighted by Crippen LogP contribution is 2.42. The molecule has 0 aromatic carbocycles. The van der Waals surface area contributed by atoms with Crippen LogP contribution in [0.2, 0.25) is 0 Å². The highest BCUT2D eigenvalue weighted by atomic mass is 16.5. The molecule has 6 heteroatoms. The van der Waals surface area contributed by atoms with Crippen molar-refractivity contribution in [2.45, 2.75) is 32.1 Å². The SMILES string of the molecule is CCOCCCNC(=O)c1n[nH]c(C2CC2)c1N. The van der Waals surface area contributed by atoms with Crippen molar-refractivity contribution in [3.8, 4) is 0 Å². The molecule has 18 heavy (non-hydrogen) atoms. The first-order chi connectivity index (χ1) is 8.74. The highest BCUT2D eigenvalue weighted by Gasteiger charge is 2.30. The molecule has 0 aliphatic heterocycles. The number of H-pyrrole nitrogens is 1. The van der Waals surface area contributed by atoms with E-state index in [-0.39, 0.29) is 5.91 Å². The Morgan fingerprint density at radius 3 is 3.06 bits per heavy atom. The summed E-state index contributed by atoms with van der Waals surface area (Å²) in [6.07, 6.45) is 3.04. The molecule has 0 saturated heterocycles. The van der Waals surface area contributed by atoms with Crippen LogP contribution in [0.25, 0.3) is 0 Å². The van der Waals surface area contributed by atoms with E-state index in [1.165, 1.54) is 0 Å². The maximum Gasteiger partial charge on any atom is 0.273 e. The normalized spacial score (nSPS) is 14.7. The van der Waals surface area contributed by atoms with Gasteiger partial charge in [0.1, 0.15) is 0 Å². The summed E-state index contributed by atoms with van der Waals surface area (Å²) in [5.41, 5.74) is 7.64. The van der Waals surface area contributed by atoms with E-state index in [2.05, 4.69) is 15.5 Å². The summed E-state index contributed by atoms with van der Waals surface area (Å²) in [6.45, 7) is 3.87. The van der Waals surface area contributed by atoms with Crippen molar-refractivity contribution >= 4 is 11.6 Å². The van der Waals surface area contributed by atoms with E-state index in [0.29, 0.717) is 37.1 Å². The summed E-state index contributed by atoms with van der Waals surface area (Å²) < 4.78 is 5.19. The molecule has 1 fully saturated rings. The molecule has 1 saturated carbocycles. The molecule has 0 radical (unpaired) electrons. The van der Waals surface area contributed by atoms with Crippen LogP contribution in [0, 0.1) is 0 Å². The Balaban J connectivity index is 1.81. The summed E-state index contributed by atoms with van der Waals surface area (Å²) >= 11 is 0. The Morgan fingerprint density at radius 1 is 1.61 bits per heavy atom. The van der Waals surface area contributed by atoms with Gasteiger partial charge in [-0.2, -0.15) is 5.10 Å². The smallest absolute Gasteiger partial charge is 0.273 e. The number of aromatic amines is 1. The van der Waals surface area contributed by atoms with E-state index in [9.17, 15) is 4.79 Å². The van der Waals surface area contributed by atoms with Crippen molar-refractivity contribution in [1.29, 1.82) is 0 Å². The minimum atomic E-state index is -0.216. The molecule has 6 nitrogen and oxygen atoms in total. The molecular formula is C12H20N4O2. The summed E-state index contributed by atoms with van der Waals surface area (Å²) in [5.74, 6) is 0.254. The van der Waals surface area contributed by atoms with Gasteiger partial charge >= 0.3 is 0 Å². The van der Waals surface area contributed by atoms with Crippen LogP contribution < -0.4 is 11.1 Å². The minimum absolute atomic E-state index is 0.216. The van der Waals surface area contributed by atoms with Crippen molar-refractivity contribution < 1.29 is 9.53 Å². The zero-order valence-electron chi connectivity index (χ0n) is 10.7. The predicted octanol–water partition coefficient (Wildman–Crippen LogP) is 1.03. The van der Waals surface area contributed by atoms with Crippen LogP contribution in [0.15, 0.2) is 0 Å². The van der Waals surface area contributed by atoms with Crippen molar-refractivity contribution in [2.24, 2.45) is 0 Å². The zero-order chi connectivity index (χ0) is 13.0. The van der Waals surface area contributed by atoms with Crippen LogP contribution in [0.4, 0.5) is 5.69 Å². The first kappa shape index (κ1) is 12.9. The second-order valence-electron chi connectivity index (χ2n) is 4.48. The molecule has 1 aromatic heterocycles. The molecule has 1 amide bonds. The summed E-state index contributed by atoms with van der Waals surface area (Å²) in [6, 6.07) is 0. The lowest BCUT2D eigenvalue weighted by atomic mass is 10.2. The Bertz CT molecular complexity index is 412. The number of hydrogen-bond acceptors (Lipinski definition) is 4. The third-order valence-corrected chi connectivity index (χ3v) is 2.99. The van der Waals surface area contributed by atoms with E-state index in [1.54, 1.807) is 0 Å². The zero-order valence-corrected chi connectivity index (χ0v) is 10.7. The lowest BCUT2D eigenvalue weighted by Gasteiger charge is -2.04. The van der Waals surface area contributed by atoms with Crippen LogP contribution in [0.1, 0.15) is 48.3 Å². The molecule has 0 spiro atoms. The predicted molar refractivity (Wildman–Crippen MR) is 68.4 cm³/mol. The van der Waals surface area contributed by atoms with Gasteiger partial charge in [-0.3, -0.25) is 9.89 Å². The van der Waals surface area contributed by atoms with E-state index >= 15 is 0 Å². The largest absolute Gasteiger partial charge is 0.395 e. The molecule has 2 rings (SSSR count). The van der Waals surface area contributed by atoms with E-state index in [0.717, 1.165) is 25.0 Å². The van der Waals surface area contributed by atoms with Crippen LogP contribution in [0.3, 0.4) is 0 Å². The molecule has 0 unspecified atom stereocenters. The quantitative estimate of drug-likeness (QED) is 0.632. The molecule has 1 heterocycles. The second kappa shape index (κ2) is 5.86. The van der Waals surface area contributed by atoms with Crippen molar-refractivity contribution in [3.05, 3.63) is 11.4 Å². The molecule has 0 bridgehead atoms. The monoisotopic (exact) mass is 252 g/mol. The number of nitrogens with zero attached hydrogens (tertiary/aromatic N) is 1. The van der Waals surface area contributed by atoms with Crippen molar-refractivity contribution in [1.82, 2.24) is 15.5 Å². The molecular weight excluding hydrogens is 232 g/mol. The van der Waals surface area contributed by atoms with Gasteiger partial charge in [0.25, 0.3) is 5.91 Å². The van der Waals surface area contributed by atoms with Gasteiger partial charge in [0, 0.05) is 25.7 Å². The number of nitrogens with two attached hydrogens (primary N) is 1. The number of carbonyl (C=O) groups excluding carboxylic acids is 1. The Labute approximate surface area is 106 Å². The maximum absolute atomic E-state index is 11.8. The molecule has 100 valence electrons. The first-order valence-electron chi connectivity index (χ1n) is 6.43. The Hall–Kier alpha value is -1.56. The fourth-order valence-electron chi connectivity index (χ4n) is 1.82. The van der Waals surface area contributed by atoms with Crippen LogP contribution in [-0.4, -0.2) is 35.9 Å². The number of nitrogen functional groups attached to an aromatic ring is 1. The van der Waals surface area contributed by atoms with Gasteiger partial charge in [-0.15, -0.1) is 0 Å². The van der Waals surface area contributed by atoms with Crippen LogP contribution in [0.5, 0.6) is 0 Å². The molecule has 1 aromatic rings. The van der Waals surface area contributed by atoms with Crippen molar-refractivity contribution in [3.63, 3.8) is 0 Å². The number of aromatic nitrogens is 2. The number of anilines is 1. The van der Waals surface area contributed by atoms with Gasteiger partial charge in [0.15, 0.2) is 5.69 Å². The number of ether oxygens (including phenoxy) is 1. The average Bonchev–Trinajstić information content (AvgIpc) is 3.12. The lowest BCUT2D eigenvalue weighted by Crippen LogP contribution is -2.26. The van der Waals surface area contributed by atoms with Gasteiger partial charge < -0.3 is 15.8 Å². The number of hydrogen-bond donors (Lipinski definition) is 3. The molecule has 1 aliphatic carbocycles. The number of amides is 1. The maximum atomic E-state index is 11.8. The second-order valence-corrected chi connectivity index (χ2v) is 4.48. The van der Waals surface area contributed by atoms with E-state index in [4.69, 9.17) is 10.5 Å².